The van der Waals surface area contributed by atoms with Crippen molar-refractivity contribution < 1.29 is 14.0 Å². The van der Waals surface area contributed by atoms with E-state index in [9.17, 15) is 0 Å². The first-order valence-electron chi connectivity index (χ1n) is 6.73. The molecule has 0 unspecified atom stereocenters. The molecule has 21 heavy (non-hydrogen) atoms. The predicted molar refractivity (Wildman–Crippen MR) is 78.7 cm³/mol. The summed E-state index contributed by atoms with van der Waals surface area (Å²) in [4.78, 5) is 4.43. The second-order valence-corrected chi connectivity index (χ2v) is 5.26. The van der Waals surface area contributed by atoms with Gasteiger partial charge in [0.1, 0.15) is 0 Å². The summed E-state index contributed by atoms with van der Waals surface area (Å²) in [5.74, 6) is 2.60. The SMILES string of the molecule is CNC(C)(C)c1nc(Cc2ccc(OC)c(OC)c2)no1. The second-order valence-electron chi connectivity index (χ2n) is 5.26. The van der Waals surface area contributed by atoms with E-state index in [1.807, 2.05) is 39.1 Å². The lowest BCUT2D eigenvalue weighted by Gasteiger charge is -2.17. The Balaban J connectivity index is 2.19. The molecule has 2 aromatic rings. The highest BCUT2D eigenvalue weighted by Crippen LogP contribution is 2.28. The number of nitrogens with zero attached hydrogens (tertiary/aromatic N) is 2. The molecule has 0 aliphatic carbocycles. The molecule has 6 heteroatoms. The van der Waals surface area contributed by atoms with Gasteiger partial charge in [0.2, 0.25) is 5.89 Å². The van der Waals surface area contributed by atoms with Gasteiger partial charge in [0.25, 0.3) is 0 Å². The van der Waals surface area contributed by atoms with Crippen LogP contribution in [0.4, 0.5) is 0 Å². The van der Waals surface area contributed by atoms with Gasteiger partial charge in [-0.25, -0.2) is 0 Å². The smallest absolute Gasteiger partial charge is 0.246 e. The van der Waals surface area contributed by atoms with Crippen LogP contribution in [-0.2, 0) is 12.0 Å². The zero-order valence-corrected chi connectivity index (χ0v) is 13.1. The molecule has 2 rings (SSSR count). The monoisotopic (exact) mass is 291 g/mol. The van der Waals surface area contributed by atoms with Crippen molar-refractivity contribution in [1.82, 2.24) is 15.5 Å². The first kappa shape index (κ1) is 15.3. The average Bonchev–Trinajstić information content (AvgIpc) is 2.96. The van der Waals surface area contributed by atoms with Crippen LogP contribution >= 0.6 is 0 Å². The fourth-order valence-corrected chi connectivity index (χ4v) is 1.86. The number of nitrogens with one attached hydrogen (secondary N) is 1. The van der Waals surface area contributed by atoms with Crippen LogP contribution in [-0.4, -0.2) is 31.4 Å². The van der Waals surface area contributed by atoms with Crippen LogP contribution in [0.5, 0.6) is 11.5 Å². The van der Waals surface area contributed by atoms with Crippen molar-refractivity contribution in [2.45, 2.75) is 25.8 Å². The summed E-state index contributed by atoms with van der Waals surface area (Å²) < 4.78 is 15.8. The number of benzene rings is 1. The quantitative estimate of drug-likeness (QED) is 0.879. The topological polar surface area (TPSA) is 69.4 Å². The van der Waals surface area contributed by atoms with E-state index >= 15 is 0 Å². The summed E-state index contributed by atoms with van der Waals surface area (Å²) in [6.07, 6.45) is 0.573. The van der Waals surface area contributed by atoms with Gasteiger partial charge in [0, 0.05) is 6.42 Å². The van der Waals surface area contributed by atoms with E-state index in [1.165, 1.54) is 0 Å². The van der Waals surface area contributed by atoms with E-state index in [4.69, 9.17) is 14.0 Å². The third-order valence-electron chi connectivity index (χ3n) is 3.44. The molecule has 0 saturated heterocycles. The van der Waals surface area contributed by atoms with Gasteiger partial charge in [-0.3, -0.25) is 0 Å². The lowest BCUT2D eigenvalue weighted by Crippen LogP contribution is -2.33. The minimum absolute atomic E-state index is 0.344. The molecule has 0 bridgehead atoms. The molecular weight excluding hydrogens is 270 g/mol. The second kappa shape index (κ2) is 6.13. The van der Waals surface area contributed by atoms with Crippen LogP contribution in [0.2, 0.25) is 0 Å². The van der Waals surface area contributed by atoms with Crippen LogP contribution < -0.4 is 14.8 Å². The summed E-state index contributed by atoms with van der Waals surface area (Å²) in [6.45, 7) is 3.97. The third-order valence-corrected chi connectivity index (χ3v) is 3.44. The summed E-state index contributed by atoms with van der Waals surface area (Å²) >= 11 is 0. The standard InChI is InChI=1S/C15H21N3O3/c1-15(2,16-3)14-17-13(18-21-14)9-10-6-7-11(19-4)12(8-10)20-5/h6-8,16H,9H2,1-5H3. The molecule has 0 fully saturated rings. The Morgan fingerprint density at radius 2 is 1.90 bits per heavy atom. The lowest BCUT2D eigenvalue weighted by molar-refractivity contribution is 0.279. The van der Waals surface area contributed by atoms with Gasteiger partial charge in [-0.05, 0) is 38.6 Å². The number of aromatic nitrogens is 2. The number of ether oxygens (including phenoxy) is 2. The molecule has 0 aliphatic rings. The van der Waals surface area contributed by atoms with Gasteiger partial charge in [0.05, 0.1) is 19.8 Å². The molecule has 6 nitrogen and oxygen atoms in total. The highest BCUT2D eigenvalue weighted by Gasteiger charge is 2.25. The van der Waals surface area contributed by atoms with Gasteiger partial charge in [-0.1, -0.05) is 11.2 Å². The van der Waals surface area contributed by atoms with Crippen molar-refractivity contribution >= 4 is 0 Å². The molecular formula is C15H21N3O3. The van der Waals surface area contributed by atoms with Crippen LogP contribution in [0.25, 0.3) is 0 Å². The first-order chi connectivity index (χ1) is 10.00. The predicted octanol–water partition coefficient (Wildman–Crippen LogP) is 2.13. The molecule has 0 radical (unpaired) electrons. The maximum absolute atomic E-state index is 5.31. The molecule has 114 valence electrons. The normalized spacial score (nSPS) is 11.5. The van der Waals surface area contributed by atoms with E-state index in [2.05, 4.69) is 15.5 Å². The highest BCUT2D eigenvalue weighted by molar-refractivity contribution is 5.43. The van der Waals surface area contributed by atoms with Crippen molar-refractivity contribution in [2.24, 2.45) is 0 Å². The zero-order valence-electron chi connectivity index (χ0n) is 13.1. The minimum Gasteiger partial charge on any atom is -0.493 e. The van der Waals surface area contributed by atoms with Crippen LogP contribution in [0, 0.1) is 0 Å². The van der Waals surface area contributed by atoms with Crippen molar-refractivity contribution in [3.8, 4) is 11.5 Å². The lowest BCUT2D eigenvalue weighted by atomic mass is 10.1. The van der Waals surface area contributed by atoms with E-state index in [-0.39, 0.29) is 5.54 Å². The number of methoxy groups -OCH3 is 2. The number of hydrogen-bond donors (Lipinski definition) is 1. The van der Waals surface area contributed by atoms with E-state index in [1.54, 1.807) is 14.2 Å². The molecule has 0 amide bonds. The maximum Gasteiger partial charge on any atom is 0.246 e. The highest BCUT2D eigenvalue weighted by atomic mass is 16.5. The Morgan fingerprint density at radius 3 is 2.52 bits per heavy atom. The largest absolute Gasteiger partial charge is 0.493 e. The van der Waals surface area contributed by atoms with E-state index in [0.717, 1.165) is 5.56 Å². The van der Waals surface area contributed by atoms with Crippen molar-refractivity contribution in [3.63, 3.8) is 0 Å². The van der Waals surface area contributed by atoms with Gasteiger partial charge in [-0.15, -0.1) is 0 Å². The van der Waals surface area contributed by atoms with Crippen LogP contribution in [0.3, 0.4) is 0 Å². The Labute approximate surface area is 124 Å². The fraction of sp³-hybridized carbons (Fsp3) is 0.467. The van der Waals surface area contributed by atoms with Gasteiger partial charge in [0.15, 0.2) is 17.3 Å². The molecule has 0 aliphatic heterocycles. The summed E-state index contributed by atoms with van der Waals surface area (Å²) in [7, 11) is 5.09. The van der Waals surface area contributed by atoms with Crippen molar-refractivity contribution in [2.75, 3.05) is 21.3 Å². The maximum atomic E-state index is 5.31. The minimum atomic E-state index is -0.344. The zero-order chi connectivity index (χ0) is 15.5. The summed E-state index contributed by atoms with van der Waals surface area (Å²) in [5, 5.41) is 7.16. The van der Waals surface area contributed by atoms with E-state index < -0.39 is 0 Å². The Morgan fingerprint density at radius 1 is 1.19 bits per heavy atom. The Hall–Kier alpha value is -2.08. The fourth-order valence-electron chi connectivity index (χ4n) is 1.86. The van der Waals surface area contributed by atoms with Gasteiger partial charge >= 0.3 is 0 Å². The van der Waals surface area contributed by atoms with E-state index in [0.29, 0.717) is 29.6 Å². The van der Waals surface area contributed by atoms with Crippen molar-refractivity contribution in [3.05, 3.63) is 35.5 Å². The van der Waals surface area contributed by atoms with Gasteiger partial charge < -0.3 is 19.3 Å². The molecule has 1 aromatic heterocycles. The molecule has 1 aromatic carbocycles. The van der Waals surface area contributed by atoms with Gasteiger partial charge in [-0.2, -0.15) is 4.98 Å². The molecule has 0 spiro atoms. The first-order valence-corrected chi connectivity index (χ1v) is 6.73. The number of hydrogen-bond acceptors (Lipinski definition) is 6. The molecule has 0 saturated carbocycles. The molecule has 0 atom stereocenters. The molecule has 1 N–H and O–H groups in total. The third kappa shape index (κ3) is 3.33. The average molecular weight is 291 g/mol. The Kier molecular flexibility index (Phi) is 4.47. The Bertz CT molecular complexity index is 608. The van der Waals surface area contributed by atoms with Crippen molar-refractivity contribution in [1.29, 1.82) is 0 Å². The van der Waals surface area contributed by atoms with Crippen LogP contribution in [0.15, 0.2) is 22.7 Å². The number of rotatable bonds is 6. The molecule has 1 heterocycles. The summed E-state index contributed by atoms with van der Waals surface area (Å²) in [5.41, 5.74) is 0.685. The summed E-state index contributed by atoms with van der Waals surface area (Å²) in [6, 6.07) is 5.74. The van der Waals surface area contributed by atoms with Crippen LogP contribution in [0.1, 0.15) is 31.1 Å².